The minimum atomic E-state index is -1.82. The van der Waals surface area contributed by atoms with Crippen molar-refractivity contribution in [3.8, 4) is 0 Å². The third kappa shape index (κ3) is 7.65. The number of hydrogen-bond donors (Lipinski definition) is 1. The molecular weight excluding hydrogens is 395 g/mol. The fraction of sp³-hybridized carbons (Fsp3) is 1.00. The van der Waals surface area contributed by atoms with Gasteiger partial charge in [0.25, 0.3) is 0 Å². The molecule has 0 aromatic carbocycles. The molecular formula is C22H53NO2Si3. The second-order valence-corrected chi connectivity index (χ2v) is 28.3. The lowest BCUT2D eigenvalue weighted by molar-refractivity contribution is 0.127. The van der Waals surface area contributed by atoms with Gasteiger partial charge in [0.2, 0.25) is 0 Å². The molecule has 170 valence electrons. The van der Waals surface area contributed by atoms with Crippen LogP contribution >= 0.6 is 0 Å². The van der Waals surface area contributed by atoms with Crippen LogP contribution in [0.2, 0.25) is 54.4 Å². The molecule has 28 heavy (non-hydrogen) atoms. The lowest BCUT2D eigenvalue weighted by Crippen LogP contribution is -2.66. The van der Waals surface area contributed by atoms with Gasteiger partial charge in [-0.15, -0.1) is 0 Å². The Morgan fingerprint density at radius 1 is 0.536 bits per heavy atom. The predicted molar refractivity (Wildman–Crippen MR) is 135 cm³/mol. The molecule has 0 unspecified atom stereocenters. The Labute approximate surface area is 181 Å². The summed E-state index contributed by atoms with van der Waals surface area (Å²) in [6, 6.07) is 0. The normalized spacial score (nSPS) is 15.9. The van der Waals surface area contributed by atoms with E-state index in [1.54, 1.807) is 0 Å². The molecule has 0 radical (unpaired) electrons. The van der Waals surface area contributed by atoms with Crippen molar-refractivity contribution in [3.05, 3.63) is 0 Å². The summed E-state index contributed by atoms with van der Waals surface area (Å²) in [5.74, 6) is 0. The zero-order valence-corrected chi connectivity index (χ0v) is 25.2. The lowest BCUT2D eigenvalue weighted by atomic mass is 10.1. The largest absolute Gasteiger partial charge is 0.415 e. The molecule has 0 heterocycles. The maximum Gasteiger partial charge on any atom is 0.192 e. The summed E-state index contributed by atoms with van der Waals surface area (Å²) < 4.78 is 13.4. The van der Waals surface area contributed by atoms with Gasteiger partial charge in [-0.2, -0.15) is 0 Å². The molecule has 0 fully saturated rings. The van der Waals surface area contributed by atoms with Crippen LogP contribution in [-0.4, -0.2) is 43.6 Å². The number of hydrogen-bond acceptors (Lipinski definition) is 3. The third-order valence-corrected chi connectivity index (χ3v) is 21.5. The van der Waals surface area contributed by atoms with E-state index in [1.165, 1.54) is 0 Å². The molecule has 0 aliphatic carbocycles. The minimum absolute atomic E-state index is 0.173. The van der Waals surface area contributed by atoms with E-state index in [4.69, 9.17) is 8.85 Å². The van der Waals surface area contributed by atoms with Gasteiger partial charge in [0.1, 0.15) is 8.24 Å². The van der Waals surface area contributed by atoms with Crippen LogP contribution in [0.1, 0.15) is 69.2 Å². The average molecular weight is 448 g/mol. The highest BCUT2D eigenvalue weighted by atomic mass is 28.4. The SMILES string of the molecule is CC(CO[Si](C)(C)C(C)(C)C)(CO[Si](C)(C)C(C)(C)C)N[Si](C)(C)C(C)(C)C. The van der Waals surface area contributed by atoms with Crippen molar-refractivity contribution >= 4 is 24.9 Å². The van der Waals surface area contributed by atoms with Gasteiger partial charge in [-0.1, -0.05) is 75.4 Å². The monoisotopic (exact) mass is 447 g/mol. The predicted octanol–water partition coefficient (Wildman–Crippen LogP) is 7.38. The van der Waals surface area contributed by atoms with Crippen molar-refractivity contribution in [3.63, 3.8) is 0 Å². The van der Waals surface area contributed by atoms with Crippen molar-refractivity contribution in [2.45, 2.75) is 129 Å². The Bertz CT molecular complexity index is 479. The van der Waals surface area contributed by atoms with Crippen LogP contribution in [0.15, 0.2) is 0 Å². The van der Waals surface area contributed by atoms with E-state index in [-0.39, 0.29) is 20.7 Å². The van der Waals surface area contributed by atoms with E-state index in [0.29, 0.717) is 13.2 Å². The standard InChI is InChI=1S/C22H53NO2Si3/c1-19(2,3)26(11,12)23-22(10,17-24-27(13,14)20(4,5)6)18-25-28(15,16)21(7,8)9/h23H,17-18H2,1-16H3. The van der Waals surface area contributed by atoms with E-state index >= 15 is 0 Å². The zero-order valence-electron chi connectivity index (χ0n) is 22.2. The summed E-state index contributed by atoms with van der Waals surface area (Å²) in [6.45, 7) is 38.9. The first-order valence-corrected chi connectivity index (χ1v) is 19.8. The Kier molecular flexibility index (Phi) is 8.74. The summed E-state index contributed by atoms with van der Waals surface area (Å²) in [4.78, 5) is 4.09. The fourth-order valence-electron chi connectivity index (χ4n) is 2.17. The Balaban J connectivity index is 5.66. The highest BCUT2D eigenvalue weighted by Crippen LogP contribution is 2.40. The van der Waals surface area contributed by atoms with Crippen molar-refractivity contribution in [2.75, 3.05) is 13.2 Å². The maximum atomic E-state index is 6.70. The van der Waals surface area contributed by atoms with Gasteiger partial charge < -0.3 is 13.8 Å². The van der Waals surface area contributed by atoms with E-state index in [2.05, 4.69) is 114 Å². The minimum Gasteiger partial charge on any atom is -0.415 e. The van der Waals surface area contributed by atoms with Crippen LogP contribution in [0.3, 0.4) is 0 Å². The maximum absolute atomic E-state index is 6.70. The molecule has 0 aromatic rings. The van der Waals surface area contributed by atoms with Gasteiger partial charge in [-0.3, -0.25) is 0 Å². The average Bonchev–Trinajstić information content (AvgIpc) is 2.39. The molecule has 0 aromatic heterocycles. The third-order valence-electron chi connectivity index (χ3n) is 7.60. The molecule has 0 rings (SSSR count). The molecule has 0 aliphatic heterocycles. The van der Waals surface area contributed by atoms with Crippen LogP contribution in [-0.2, 0) is 8.85 Å². The molecule has 3 nitrogen and oxygen atoms in total. The quantitative estimate of drug-likeness (QED) is 0.393. The summed E-state index contributed by atoms with van der Waals surface area (Å²) in [7, 11) is -5.34. The lowest BCUT2D eigenvalue weighted by Gasteiger charge is -2.48. The summed E-state index contributed by atoms with van der Waals surface area (Å²) in [5, 5.41) is 0.693. The molecule has 0 bridgehead atoms. The molecule has 0 saturated heterocycles. The molecule has 0 spiro atoms. The van der Waals surface area contributed by atoms with Crippen molar-refractivity contribution < 1.29 is 8.85 Å². The van der Waals surface area contributed by atoms with Crippen LogP contribution in [0.25, 0.3) is 0 Å². The number of rotatable bonds is 8. The van der Waals surface area contributed by atoms with Gasteiger partial charge in [-0.25, -0.2) is 0 Å². The molecule has 0 saturated carbocycles. The van der Waals surface area contributed by atoms with Crippen molar-refractivity contribution in [1.82, 2.24) is 4.98 Å². The topological polar surface area (TPSA) is 30.5 Å². The highest BCUT2D eigenvalue weighted by molar-refractivity contribution is 6.78. The Morgan fingerprint density at radius 3 is 1.04 bits per heavy atom. The molecule has 1 N–H and O–H groups in total. The van der Waals surface area contributed by atoms with E-state index < -0.39 is 24.9 Å². The van der Waals surface area contributed by atoms with Crippen molar-refractivity contribution in [1.29, 1.82) is 0 Å². The first-order chi connectivity index (χ1) is 11.9. The molecule has 0 aliphatic rings. The van der Waals surface area contributed by atoms with Gasteiger partial charge in [-0.05, 0) is 48.2 Å². The zero-order chi connectivity index (χ0) is 23.0. The highest BCUT2D eigenvalue weighted by Gasteiger charge is 2.45. The Hall–Kier alpha value is 0.531. The smallest absolute Gasteiger partial charge is 0.192 e. The second-order valence-electron chi connectivity index (χ2n) is 13.7. The second kappa shape index (κ2) is 8.58. The van der Waals surface area contributed by atoms with E-state index in [9.17, 15) is 0 Å². The van der Waals surface area contributed by atoms with Gasteiger partial charge in [0.05, 0.1) is 18.8 Å². The summed E-state index contributed by atoms with van der Waals surface area (Å²) >= 11 is 0. The fourth-order valence-corrected chi connectivity index (χ4v) is 6.42. The van der Waals surface area contributed by atoms with E-state index in [0.717, 1.165) is 0 Å². The van der Waals surface area contributed by atoms with Gasteiger partial charge in [0, 0.05) is 0 Å². The molecule has 6 heteroatoms. The van der Waals surface area contributed by atoms with Crippen LogP contribution in [0.5, 0.6) is 0 Å². The number of nitrogens with one attached hydrogen (secondary N) is 1. The van der Waals surface area contributed by atoms with E-state index in [1.807, 2.05) is 0 Å². The van der Waals surface area contributed by atoms with Gasteiger partial charge >= 0.3 is 0 Å². The van der Waals surface area contributed by atoms with Crippen molar-refractivity contribution in [2.24, 2.45) is 0 Å². The Morgan fingerprint density at radius 2 is 0.821 bits per heavy atom. The first kappa shape index (κ1) is 28.5. The molecule has 0 amide bonds. The van der Waals surface area contributed by atoms with Gasteiger partial charge in [0.15, 0.2) is 16.6 Å². The van der Waals surface area contributed by atoms with Crippen LogP contribution in [0.4, 0.5) is 0 Å². The summed E-state index contributed by atoms with van der Waals surface area (Å²) in [6.07, 6.45) is 0. The van der Waals surface area contributed by atoms with Crippen LogP contribution < -0.4 is 4.98 Å². The molecule has 0 atom stereocenters. The summed E-state index contributed by atoms with van der Waals surface area (Å²) in [5.41, 5.74) is -0.173. The van der Waals surface area contributed by atoms with Crippen LogP contribution in [0, 0.1) is 0 Å². The first-order valence-electron chi connectivity index (χ1n) is 10.9.